The van der Waals surface area contributed by atoms with Gasteiger partial charge in [0.25, 0.3) is 0 Å². The van der Waals surface area contributed by atoms with Crippen LogP contribution in [0.25, 0.3) is 0 Å². The third kappa shape index (κ3) is 1.54. The molecule has 1 aromatic heterocycles. The Balaban J connectivity index is 3.19. The van der Waals surface area contributed by atoms with E-state index in [0.717, 1.165) is 0 Å². The summed E-state index contributed by atoms with van der Waals surface area (Å²) in [6.45, 7) is 1.18. The second-order valence-electron chi connectivity index (χ2n) is 2.52. The van der Waals surface area contributed by atoms with Crippen molar-refractivity contribution in [2.75, 3.05) is 0 Å². The molecule has 1 aromatic rings. The van der Waals surface area contributed by atoms with Crippen molar-refractivity contribution in [1.82, 2.24) is 4.98 Å². The lowest BCUT2D eigenvalue weighted by Gasteiger charge is -2.05. The fourth-order valence-corrected chi connectivity index (χ4v) is 1.00. The third-order valence-electron chi connectivity index (χ3n) is 1.63. The molecule has 3 N–H and O–H groups in total. The van der Waals surface area contributed by atoms with Gasteiger partial charge in [0.1, 0.15) is 5.75 Å². The Labute approximate surface area is 70.1 Å². The number of hydrogen-bond acceptors (Lipinski definition) is 4. The predicted octanol–water partition coefficient (Wildman–Crippen LogP) is 0.0802. The number of hydrogen-bond donors (Lipinski definition) is 3. The van der Waals surface area contributed by atoms with E-state index in [1.807, 2.05) is 0 Å². The first-order chi connectivity index (χ1) is 5.69. The summed E-state index contributed by atoms with van der Waals surface area (Å²) in [6, 6.07) is 1.47. The van der Waals surface area contributed by atoms with Crippen LogP contribution in [0.2, 0.25) is 0 Å². The normalized spacial score (nSPS) is 10.2. The van der Waals surface area contributed by atoms with Crippen LogP contribution in [0.1, 0.15) is 17.0 Å². The van der Waals surface area contributed by atoms with E-state index in [2.05, 4.69) is 4.98 Å². The Morgan fingerprint density at radius 3 is 2.50 bits per heavy atom. The lowest BCUT2D eigenvalue weighted by Crippen LogP contribution is -1.96. The number of aromatic hydroxyl groups is 1. The molecule has 1 rings (SSSR count). The van der Waals surface area contributed by atoms with Gasteiger partial charge in [-0.05, 0) is 13.0 Å². The zero-order valence-corrected chi connectivity index (χ0v) is 6.78. The molecule has 0 fully saturated rings. The van der Waals surface area contributed by atoms with Crippen molar-refractivity contribution >= 4 is 0 Å². The zero-order valence-electron chi connectivity index (χ0n) is 6.78. The van der Waals surface area contributed by atoms with E-state index in [1.165, 1.54) is 6.07 Å². The topological polar surface area (TPSA) is 73.6 Å². The van der Waals surface area contributed by atoms with Crippen molar-refractivity contribution < 1.29 is 15.3 Å². The molecule has 66 valence electrons. The summed E-state index contributed by atoms with van der Waals surface area (Å²) in [5, 5.41) is 26.9. The summed E-state index contributed by atoms with van der Waals surface area (Å²) in [5.74, 6) is -0.00491. The number of rotatable bonds is 2. The molecule has 0 amide bonds. The maximum atomic E-state index is 9.31. The van der Waals surface area contributed by atoms with Crippen LogP contribution in [0.4, 0.5) is 0 Å². The van der Waals surface area contributed by atoms with Crippen molar-refractivity contribution in [1.29, 1.82) is 0 Å². The third-order valence-corrected chi connectivity index (χ3v) is 1.63. The molecule has 0 bridgehead atoms. The Morgan fingerprint density at radius 1 is 1.33 bits per heavy atom. The Kier molecular flexibility index (Phi) is 2.62. The van der Waals surface area contributed by atoms with Gasteiger partial charge in [-0.1, -0.05) is 0 Å². The molecule has 0 aromatic carbocycles. The van der Waals surface area contributed by atoms with Gasteiger partial charge in [0.2, 0.25) is 0 Å². The molecule has 4 heteroatoms. The first-order valence-corrected chi connectivity index (χ1v) is 3.59. The maximum absolute atomic E-state index is 9.31. The number of aromatic nitrogens is 1. The maximum Gasteiger partial charge on any atom is 0.142 e. The Morgan fingerprint density at radius 2 is 2.00 bits per heavy atom. The summed E-state index contributed by atoms with van der Waals surface area (Å²) in [7, 11) is 0. The molecule has 0 spiro atoms. The van der Waals surface area contributed by atoms with Crippen LogP contribution in [-0.2, 0) is 13.2 Å². The second kappa shape index (κ2) is 3.51. The minimum Gasteiger partial charge on any atom is -0.506 e. The summed E-state index contributed by atoms with van der Waals surface area (Å²) in [6.07, 6.45) is 0. The molecular formula is C8H11NO3. The molecule has 0 atom stereocenters. The van der Waals surface area contributed by atoms with E-state index in [0.29, 0.717) is 17.0 Å². The molecule has 0 unspecified atom stereocenters. The first-order valence-electron chi connectivity index (χ1n) is 3.59. The average molecular weight is 169 g/mol. The molecule has 0 saturated heterocycles. The van der Waals surface area contributed by atoms with Gasteiger partial charge in [0.15, 0.2) is 0 Å². The van der Waals surface area contributed by atoms with Gasteiger partial charge in [0, 0.05) is 5.56 Å². The van der Waals surface area contributed by atoms with Crippen LogP contribution in [0, 0.1) is 6.92 Å². The monoisotopic (exact) mass is 169 g/mol. The van der Waals surface area contributed by atoms with Crippen molar-refractivity contribution in [3.05, 3.63) is 23.0 Å². The fraction of sp³-hybridized carbons (Fsp3) is 0.375. The van der Waals surface area contributed by atoms with Crippen LogP contribution in [0.3, 0.4) is 0 Å². The van der Waals surface area contributed by atoms with Crippen molar-refractivity contribution in [3.8, 4) is 5.75 Å². The van der Waals surface area contributed by atoms with Gasteiger partial charge in [-0.3, -0.25) is 4.98 Å². The van der Waals surface area contributed by atoms with E-state index in [4.69, 9.17) is 10.2 Å². The lowest BCUT2D eigenvalue weighted by molar-refractivity contribution is 0.267. The lowest BCUT2D eigenvalue weighted by atomic mass is 10.2. The number of nitrogens with zero attached hydrogens (tertiary/aromatic N) is 1. The quantitative estimate of drug-likeness (QED) is 0.586. The summed E-state index contributed by atoms with van der Waals surface area (Å²) in [4.78, 5) is 3.89. The highest BCUT2D eigenvalue weighted by molar-refractivity contribution is 5.36. The Bertz CT molecular complexity index is 286. The molecular weight excluding hydrogens is 158 g/mol. The minimum absolute atomic E-state index is 0.00491. The van der Waals surface area contributed by atoms with Gasteiger partial charge in [-0.2, -0.15) is 0 Å². The van der Waals surface area contributed by atoms with Crippen LogP contribution in [-0.4, -0.2) is 20.3 Å². The zero-order chi connectivity index (χ0) is 9.14. The van der Waals surface area contributed by atoms with E-state index in [-0.39, 0.29) is 19.0 Å². The van der Waals surface area contributed by atoms with Crippen molar-refractivity contribution in [2.24, 2.45) is 0 Å². The molecule has 0 saturated carbocycles. The molecule has 1 heterocycles. The van der Waals surface area contributed by atoms with E-state index < -0.39 is 0 Å². The largest absolute Gasteiger partial charge is 0.506 e. The molecule has 0 radical (unpaired) electrons. The Hall–Kier alpha value is -1.13. The van der Waals surface area contributed by atoms with E-state index >= 15 is 0 Å². The molecule has 0 aliphatic rings. The van der Waals surface area contributed by atoms with E-state index in [1.54, 1.807) is 6.92 Å². The smallest absolute Gasteiger partial charge is 0.142 e. The predicted molar refractivity (Wildman–Crippen MR) is 42.5 cm³/mol. The van der Waals surface area contributed by atoms with E-state index in [9.17, 15) is 5.11 Å². The van der Waals surface area contributed by atoms with Crippen LogP contribution >= 0.6 is 0 Å². The SMILES string of the molecule is Cc1nc(CO)cc(CO)c1O. The molecule has 0 aliphatic heterocycles. The van der Waals surface area contributed by atoms with Gasteiger partial charge < -0.3 is 15.3 Å². The highest BCUT2D eigenvalue weighted by atomic mass is 16.3. The highest BCUT2D eigenvalue weighted by Crippen LogP contribution is 2.20. The molecule has 0 aliphatic carbocycles. The first kappa shape index (κ1) is 8.96. The van der Waals surface area contributed by atoms with Crippen LogP contribution < -0.4 is 0 Å². The average Bonchev–Trinajstić information content (AvgIpc) is 2.09. The number of aliphatic hydroxyl groups is 2. The molecule has 12 heavy (non-hydrogen) atoms. The van der Waals surface area contributed by atoms with Crippen LogP contribution in [0.5, 0.6) is 5.75 Å². The minimum atomic E-state index is -0.248. The number of aryl methyl sites for hydroxylation is 1. The van der Waals surface area contributed by atoms with Gasteiger partial charge in [0.05, 0.1) is 24.6 Å². The van der Waals surface area contributed by atoms with Gasteiger partial charge in [-0.25, -0.2) is 0 Å². The standard InChI is InChI=1S/C8H11NO3/c1-5-8(12)6(3-10)2-7(4-11)9-5/h2,10-12H,3-4H2,1H3. The van der Waals surface area contributed by atoms with Crippen molar-refractivity contribution in [3.63, 3.8) is 0 Å². The van der Waals surface area contributed by atoms with Gasteiger partial charge in [-0.15, -0.1) is 0 Å². The van der Waals surface area contributed by atoms with Crippen LogP contribution in [0.15, 0.2) is 6.07 Å². The molecule has 4 nitrogen and oxygen atoms in total. The summed E-state index contributed by atoms with van der Waals surface area (Å²) < 4.78 is 0. The number of pyridine rings is 1. The summed E-state index contributed by atoms with van der Waals surface area (Å²) >= 11 is 0. The highest BCUT2D eigenvalue weighted by Gasteiger charge is 2.06. The summed E-state index contributed by atoms with van der Waals surface area (Å²) in [5.41, 5.74) is 1.27. The van der Waals surface area contributed by atoms with Gasteiger partial charge >= 0.3 is 0 Å². The second-order valence-corrected chi connectivity index (χ2v) is 2.52. The number of aliphatic hydroxyl groups excluding tert-OH is 2. The fourth-order valence-electron chi connectivity index (χ4n) is 1.00. The van der Waals surface area contributed by atoms with Crippen molar-refractivity contribution in [2.45, 2.75) is 20.1 Å².